The van der Waals surface area contributed by atoms with Crippen LogP contribution in [-0.2, 0) is 16.1 Å². The van der Waals surface area contributed by atoms with E-state index in [-0.39, 0.29) is 30.4 Å². The Bertz CT molecular complexity index is 541. The summed E-state index contributed by atoms with van der Waals surface area (Å²) in [6.45, 7) is 4.38. The van der Waals surface area contributed by atoms with Crippen LogP contribution in [0.2, 0.25) is 0 Å². The van der Waals surface area contributed by atoms with Crippen molar-refractivity contribution in [1.82, 2.24) is 9.78 Å². The minimum atomic E-state index is -1.07. The second-order valence-electron chi connectivity index (χ2n) is 4.45. The number of nitrogens with zero attached hydrogens (tertiary/aromatic N) is 4. The third-order valence-corrected chi connectivity index (χ3v) is 3.24. The van der Waals surface area contributed by atoms with E-state index in [1.54, 1.807) is 13.8 Å². The summed E-state index contributed by atoms with van der Waals surface area (Å²) in [6, 6.07) is -0.941. The Morgan fingerprint density at radius 2 is 2.35 bits per heavy atom. The van der Waals surface area contributed by atoms with Crippen molar-refractivity contribution < 1.29 is 19.6 Å². The number of rotatable bonds is 4. The maximum absolute atomic E-state index is 11.3. The van der Waals surface area contributed by atoms with Gasteiger partial charge in [-0.1, -0.05) is 0 Å². The normalized spacial score (nSPS) is 19.1. The molecule has 1 aromatic rings. The van der Waals surface area contributed by atoms with Crippen LogP contribution >= 0.6 is 0 Å². The zero-order valence-electron chi connectivity index (χ0n) is 11.3. The van der Waals surface area contributed by atoms with Crippen molar-refractivity contribution in [1.29, 1.82) is 0 Å². The van der Waals surface area contributed by atoms with Crippen molar-refractivity contribution in [3.63, 3.8) is 0 Å². The van der Waals surface area contributed by atoms with Crippen LogP contribution in [0.4, 0.5) is 11.5 Å². The fraction of sp³-hybridized carbons (Fsp3) is 0.636. The van der Waals surface area contributed by atoms with Gasteiger partial charge in [-0.3, -0.25) is 10.1 Å². The molecule has 0 aliphatic carbocycles. The average molecular weight is 284 g/mol. The lowest BCUT2D eigenvalue weighted by Crippen LogP contribution is -2.51. The van der Waals surface area contributed by atoms with E-state index < -0.39 is 16.9 Å². The van der Waals surface area contributed by atoms with Crippen LogP contribution < -0.4 is 4.90 Å². The molecule has 20 heavy (non-hydrogen) atoms. The van der Waals surface area contributed by atoms with E-state index >= 15 is 0 Å². The van der Waals surface area contributed by atoms with Gasteiger partial charge in [0.2, 0.25) is 5.82 Å². The van der Waals surface area contributed by atoms with Crippen molar-refractivity contribution in [2.75, 3.05) is 24.7 Å². The molecule has 1 aromatic heterocycles. The first-order valence-corrected chi connectivity index (χ1v) is 6.26. The summed E-state index contributed by atoms with van der Waals surface area (Å²) < 4.78 is 6.62. The summed E-state index contributed by atoms with van der Waals surface area (Å²) >= 11 is 0. The standard InChI is InChI=1S/C11H16N4O5/c1-3-14-10(9(15(18)19)7(2)12-14)13-4-5-20-6-8(13)11(16)17/h8H,3-6H2,1-2H3,(H,16,17). The van der Waals surface area contributed by atoms with Gasteiger partial charge in [0.05, 0.1) is 18.1 Å². The third kappa shape index (κ3) is 2.31. The summed E-state index contributed by atoms with van der Waals surface area (Å²) in [5.41, 5.74) is 0.141. The van der Waals surface area contributed by atoms with Crippen LogP contribution in [-0.4, -0.2) is 51.6 Å². The number of carboxylic acid groups (broad SMARTS) is 1. The molecule has 9 heteroatoms. The van der Waals surface area contributed by atoms with Crippen LogP contribution in [0.25, 0.3) is 0 Å². The molecule has 0 spiro atoms. The highest BCUT2D eigenvalue weighted by atomic mass is 16.6. The lowest BCUT2D eigenvalue weighted by atomic mass is 10.2. The molecule has 0 aromatic carbocycles. The highest BCUT2D eigenvalue weighted by Crippen LogP contribution is 2.33. The number of carboxylic acids is 1. The number of nitro groups is 1. The summed E-state index contributed by atoms with van der Waals surface area (Å²) in [5.74, 6) is -0.828. The molecule has 110 valence electrons. The Kier molecular flexibility index (Phi) is 3.89. The van der Waals surface area contributed by atoms with Gasteiger partial charge in [-0.15, -0.1) is 0 Å². The van der Waals surface area contributed by atoms with Gasteiger partial charge >= 0.3 is 11.7 Å². The molecule has 2 rings (SSSR count). The lowest BCUT2D eigenvalue weighted by molar-refractivity contribution is -0.384. The van der Waals surface area contributed by atoms with E-state index in [0.29, 0.717) is 13.2 Å². The van der Waals surface area contributed by atoms with Crippen molar-refractivity contribution in [2.24, 2.45) is 0 Å². The molecule has 1 N–H and O–H groups in total. The second-order valence-corrected chi connectivity index (χ2v) is 4.45. The van der Waals surface area contributed by atoms with Gasteiger partial charge in [-0.2, -0.15) is 5.10 Å². The SMILES string of the molecule is CCn1nc(C)c([N+](=O)[O-])c1N1CCOCC1C(=O)O. The van der Waals surface area contributed by atoms with Crippen LogP contribution in [0.3, 0.4) is 0 Å². The Labute approximate surface area is 114 Å². The van der Waals surface area contributed by atoms with Crippen LogP contribution in [0.1, 0.15) is 12.6 Å². The maximum atomic E-state index is 11.3. The first-order valence-electron chi connectivity index (χ1n) is 6.26. The Hall–Kier alpha value is -2.16. The first kappa shape index (κ1) is 14.3. The molecule has 1 saturated heterocycles. The molecule has 1 aliphatic heterocycles. The Morgan fingerprint density at radius 3 is 2.90 bits per heavy atom. The summed E-state index contributed by atoms with van der Waals surface area (Å²) in [6.07, 6.45) is 0. The highest BCUT2D eigenvalue weighted by Gasteiger charge is 2.37. The third-order valence-electron chi connectivity index (χ3n) is 3.24. The van der Waals surface area contributed by atoms with Gasteiger partial charge in [-0.25, -0.2) is 9.48 Å². The molecule has 2 heterocycles. The predicted molar refractivity (Wildman–Crippen MR) is 68.9 cm³/mol. The van der Waals surface area contributed by atoms with E-state index in [1.165, 1.54) is 9.58 Å². The van der Waals surface area contributed by atoms with Crippen LogP contribution in [0, 0.1) is 17.0 Å². The van der Waals surface area contributed by atoms with Gasteiger partial charge in [-0.05, 0) is 13.8 Å². The first-order chi connectivity index (χ1) is 9.47. The zero-order chi connectivity index (χ0) is 14.9. The van der Waals surface area contributed by atoms with Crippen LogP contribution in [0.5, 0.6) is 0 Å². The number of hydrogen-bond donors (Lipinski definition) is 1. The molecule has 0 amide bonds. The molecule has 1 atom stereocenters. The van der Waals surface area contributed by atoms with E-state index in [9.17, 15) is 20.0 Å². The topological polar surface area (TPSA) is 111 Å². The number of aryl methyl sites for hydroxylation is 2. The number of carbonyl (C=O) groups is 1. The number of morpholine rings is 1. The molecule has 0 bridgehead atoms. The summed E-state index contributed by atoms with van der Waals surface area (Å²) in [7, 11) is 0. The highest BCUT2D eigenvalue weighted by molar-refractivity contribution is 5.80. The fourth-order valence-electron chi connectivity index (χ4n) is 2.34. The van der Waals surface area contributed by atoms with Gasteiger partial charge in [0.15, 0.2) is 6.04 Å². The smallest absolute Gasteiger partial charge is 0.333 e. The molecule has 1 fully saturated rings. The quantitative estimate of drug-likeness (QED) is 0.629. The van der Waals surface area contributed by atoms with Gasteiger partial charge in [0, 0.05) is 13.1 Å². The predicted octanol–water partition coefficient (Wildman–Crippen LogP) is 0.409. The monoisotopic (exact) mass is 284 g/mol. The number of aliphatic carboxylic acids is 1. The number of ether oxygens (including phenoxy) is 1. The molecular weight excluding hydrogens is 268 g/mol. The Morgan fingerprint density at radius 1 is 1.65 bits per heavy atom. The van der Waals surface area contributed by atoms with E-state index in [2.05, 4.69) is 5.10 Å². The molecule has 9 nitrogen and oxygen atoms in total. The maximum Gasteiger partial charge on any atom is 0.333 e. The van der Waals surface area contributed by atoms with Gasteiger partial charge in [0.1, 0.15) is 5.69 Å². The van der Waals surface area contributed by atoms with Crippen molar-refractivity contribution in [3.8, 4) is 0 Å². The Balaban J connectivity index is 2.54. The van der Waals surface area contributed by atoms with E-state index in [1.807, 2.05) is 0 Å². The van der Waals surface area contributed by atoms with Crippen molar-refractivity contribution in [3.05, 3.63) is 15.8 Å². The molecular formula is C11H16N4O5. The number of aromatic nitrogens is 2. The molecule has 0 radical (unpaired) electrons. The van der Waals surface area contributed by atoms with Crippen molar-refractivity contribution in [2.45, 2.75) is 26.4 Å². The summed E-state index contributed by atoms with van der Waals surface area (Å²) in [4.78, 5) is 23.5. The summed E-state index contributed by atoms with van der Waals surface area (Å²) in [5, 5.41) is 24.6. The lowest BCUT2D eigenvalue weighted by Gasteiger charge is -2.33. The molecule has 1 aliphatic rings. The van der Waals surface area contributed by atoms with E-state index in [0.717, 1.165) is 0 Å². The largest absolute Gasteiger partial charge is 0.480 e. The van der Waals surface area contributed by atoms with Gasteiger partial charge in [0.25, 0.3) is 0 Å². The number of anilines is 1. The second kappa shape index (κ2) is 5.45. The van der Waals surface area contributed by atoms with Gasteiger partial charge < -0.3 is 14.7 Å². The zero-order valence-corrected chi connectivity index (χ0v) is 11.3. The number of hydrogen-bond acceptors (Lipinski definition) is 6. The van der Waals surface area contributed by atoms with Crippen LogP contribution in [0.15, 0.2) is 0 Å². The minimum Gasteiger partial charge on any atom is -0.480 e. The average Bonchev–Trinajstić information content (AvgIpc) is 2.75. The minimum absolute atomic E-state index is 0.000426. The molecule has 0 saturated carbocycles. The van der Waals surface area contributed by atoms with Crippen molar-refractivity contribution >= 4 is 17.5 Å². The van der Waals surface area contributed by atoms with E-state index in [4.69, 9.17) is 4.74 Å². The fourth-order valence-corrected chi connectivity index (χ4v) is 2.34. The molecule has 1 unspecified atom stereocenters.